The molecule has 3 N–H and O–H groups in total. The van der Waals surface area contributed by atoms with Gasteiger partial charge >= 0.3 is 0 Å². The van der Waals surface area contributed by atoms with Crippen molar-refractivity contribution in [2.75, 3.05) is 0 Å². The molecule has 4 heteroatoms. The van der Waals surface area contributed by atoms with Crippen LogP contribution in [-0.2, 0) is 19.6 Å². The lowest BCUT2D eigenvalue weighted by atomic mass is 9.89. The van der Waals surface area contributed by atoms with Gasteiger partial charge in [-0.3, -0.25) is 0 Å². The first-order valence-corrected chi connectivity index (χ1v) is 9.35. The maximum absolute atomic E-state index is 10.2. The Labute approximate surface area is 157 Å². The van der Waals surface area contributed by atoms with Crippen LogP contribution in [0.1, 0.15) is 41.0 Å². The molecule has 0 fully saturated rings. The van der Waals surface area contributed by atoms with Gasteiger partial charge < -0.3 is 19.8 Å². The Morgan fingerprint density at radius 1 is 1.04 bits per heavy atom. The minimum Gasteiger partial charge on any atom is -0.392 e. The summed E-state index contributed by atoms with van der Waals surface area (Å²) in [5.74, 6) is 0. The zero-order valence-corrected chi connectivity index (χ0v) is 15.2. The molecule has 0 radical (unpaired) electrons. The van der Waals surface area contributed by atoms with E-state index in [9.17, 15) is 10.2 Å². The summed E-state index contributed by atoms with van der Waals surface area (Å²) in [6.07, 6.45) is 2.95. The standard InChI is InChI=1S/C23H22N2O2/c1-14-23-18(10-16-8-5-9-25(14)16)22-20(13-27)19(12-26)17(11-21(22)24-23)15-6-3-2-4-7-15/h2-9,11,14,24,26-27H,10,12-13H2,1H3. The summed E-state index contributed by atoms with van der Waals surface area (Å²) in [6.45, 7) is 2.01. The number of nitrogens with zero attached hydrogens (tertiary/aromatic N) is 1. The minimum absolute atomic E-state index is 0.0905. The number of rotatable bonds is 3. The van der Waals surface area contributed by atoms with Gasteiger partial charge in [0.1, 0.15) is 0 Å². The first-order valence-electron chi connectivity index (χ1n) is 9.35. The Bertz CT molecular complexity index is 1140. The topological polar surface area (TPSA) is 61.2 Å². The van der Waals surface area contributed by atoms with Gasteiger partial charge in [0.2, 0.25) is 0 Å². The number of nitrogens with one attached hydrogen (secondary N) is 1. The molecule has 3 heterocycles. The fraction of sp³-hybridized carbons (Fsp3) is 0.217. The van der Waals surface area contributed by atoms with Crippen LogP contribution in [0.4, 0.5) is 0 Å². The fourth-order valence-electron chi connectivity index (χ4n) is 4.63. The van der Waals surface area contributed by atoms with Crippen LogP contribution >= 0.6 is 0 Å². The van der Waals surface area contributed by atoms with E-state index in [-0.39, 0.29) is 19.3 Å². The van der Waals surface area contributed by atoms with Gasteiger partial charge in [0.25, 0.3) is 0 Å². The van der Waals surface area contributed by atoms with E-state index in [2.05, 4.69) is 40.9 Å². The number of hydrogen-bond donors (Lipinski definition) is 3. The summed E-state index contributed by atoms with van der Waals surface area (Å²) < 4.78 is 2.29. The van der Waals surface area contributed by atoms with Gasteiger partial charge in [0.15, 0.2) is 0 Å². The highest BCUT2D eigenvalue weighted by Gasteiger charge is 2.27. The minimum atomic E-state index is -0.0953. The maximum atomic E-state index is 10.2. The third-order valence-corrected chi connectivity index (χ3v) is 5.91. The van der Waals surface area contributed by atoms with Crippen LogP contribution in [0.25, 0.3) is 22.0 Å². The Morgan fingerprint density at radius 3 is 2.56 bits per heavy atom. The summed E-state index contributed by atoms with van der Waals surface area (Å²) in [6, 6.07) is 16.6. The number of fused-ring (bicyclic) bond motifs is 4. The first kappa shape index (κ1) is 16.4. The van der Waals surface area contributed by atoms with Crippen LogP contribution < -0.4 is 0 Å². The van der Waals surface area contributed by atoms with Crippen LogP contribution in [0.15, 0.2) is 54.7 Å². The van der Waals surface area contributed by atoms with Crippen molar-refractivity contribution in [2.24, 2.45) is 0 Å². The van der Waals surface area contributed by atoms with E-state index in [1.807, 2.05) is 30.3 Å². The molecule has 2 aromatic carbocycles. The van der Waals surface area contributed by atoms with Crippen molar-refractivity contribution in [3.05, 3.63) is 82.8 Å². The highest BCUT2D eigenvalue weighted by molar-refractivity contribution is 5.94. The van der Waals surface area contributed by atoms with E-state index in [1.54, 1.807) is 0 Å². The second kappa shape index (κ2) is 6.12. The van der Waals surface area contributed by atoms with E-state index < -0.39 is 0 Å². The molecule has 0 saturated carbocycles. The Hall–Kier alpha value is -2.82. The predicted octanol–water partition coefficient (Wildman–Crippen LogP) is 4.13. The molecule has 1 aliphatic rings. The number of H-pyrrole nitrogens is 1. The van der Waals surface area contributed by atoms with Gasteiger partial charge in [0, 0.05) is 34.9 Å². The Balaban J connectivity index is 1.82. The molecule has 0 amide bonds. The fourth-order valence-corrected chi connectivity index (χ4v) is 4.63. The molecule has 1 aliphatic heterocycles. The zero-order chi connectivity index (χ0) is 18.5. The monoisotopic (exact) mass is 358 g/mol. The molecule has 0 saturated heterocycles. The highest BCUT2D eigenvalue weighted by atomic mass is 16.3. The predicted molar refractivity (Wildman–Crippen MR) is 107 cm³/mol. The quantitative estimate of drug-likeness (QED) is 0.516. The molecule has 0 aliphatic carbocycles. The second-order valence-corrected chi connectivity index (χ2v) is 7.26. The van der Waals surface area contributed by atoms with Crippen LogP contribution in [0.5, 0.6) is 0 Å². The Morgan fingerprint density at radius 2 is 1.81 bits per heavy atom. The van der Waals surface area contributed by atoms with Crippen molar-refractivity contribution in [2.45, 2.75) is 32.6 Å². The summed E-state index contributed by atoms with van der Waals surface area (Å²) in [5, 5.41) is 21.4. The average Bonchev–Trinajstić information content (AvgIpc) is 3.32. The third kappa shape index (κ3) is 2.30. The number of hydrogen-bond acceptors (Lipinski definition) is 2. The van der Waals surface area contributed by atoms with Crippen LogP contribution in [0.3, 0.4) is 0 Å². The molecule has 2 aromatic heterocycles. The molecule has 4 aromatic rings. The van der Waals surface area contributed by atoms with E-state index in [0.29, 0.717) is 0 Å². The zero-order valence-electron chi connectivity index (χ0n) is 15.2. The normalized spacial score (nSPS) is 15.7. The lowest BCUT2D eigenvalue weighted by Crippen LogP contribution is -2.17. The van der Waals surface area contributed by atoms with E-state index >= 15 is 0 Å². The molecule has 136 valence electrons. The first-order chi connectivity index (χ1) is 13.2. The lowest BCUT2D eigenvalue weighted by Gasteiger charge is -2.24. The van der Waals surface area contributed by atoms with E-state index in [4.69, 9.17) is 0 Å². The van der Waals surface area contributed by atoms with Gasteiger partial charge in [-0.2, -0.15) is 0 Å². The van der Waals surface area contributed by atoms with Gasteiger partial charge in [-0.05, 0) is 52.9 Å². The van der Waals surface area contributed by atoms with Crippen molar-refractivity contribution in [1.29, 1.82) is 0 Å². The summed E-state index contributed by atoms with van der Waals surface area (Å²) in [4.78, 5) is 3.62. The maximum Gasteiger partial charge on any atom is 0.0707 e. The van der Waals surface area contributed by atoms with Crippen molar-refractivity contribution >= 4 is 10.9 Å². The molecular formula is C23H22N2O2. The lowest BCUT2D eigenvalue weighted by molar-refractivity contribution is 0.261. The van der Waals surface area contributed by atoms with Gasteiger partial charge in [-0.15, -0.1) is 0 Å². The Kier molecular flexibility index (Phi) is 3.71. The van der Waals surface area contributed by atoms with Crippen molar-refractivity contribution < 1.29 is 10.2 Å². The molecule has 0 bridgehead atoms. The van der Waals surface area contributed by atoms with Crippen LogP contribution in [0, 0.1) is 0 Å². The SMILES string of the molecule is CC1c2[nH]c3cc(-c4ccccc4)c(CO)c(CO)c3c2Cc2cccn21. The van der Waals surface area contributed by atoms with Crippen molar-refractivity contribution in [3.8, 4) is 11.1 Å². The van der Waals surface area contributed by atoms with Crippen LogP contribution in [0.2, 0.25) is 0 Å². The number of aromatic amines is 1. The van der Waals surface area contributed by atoms with E-state index in [1.165, 1.54) is 17.0 Å². The molecule has 4 nitrogen and oxygen atoms in total. The number of aromatic nitrogens is 2. The van der Waals surface area contributed by atoms with Gasteiger partial charge in [-0.25, -0.2) is 0 Å². The smallest absolute Gasteiger partial charge is 0.0707 e. The number of aliphatic hydroxyl groups is 2. The largest absolute Gasteiger partial charge is 0.392 e. The molecule has 5 rings (SSSR count). The summed E-state index contributed by atoms with van der Waals surface area (Å²) in [7, 11) is 0. The molecule has 27 heavy (non-hydrogen) atoms. The van der Waals surface area contributed by atoms with Crippen molar-refractivity contribution in [1.82, 2.24) is 9.55 Å². The summed E-state index contributed by atoms with van der Waals surface area (Å²) in [5.41, 5.74) is 8.39. The summed E-state index contributed by atoms with van der Waals surface area (Å²) >= 11 is 0. The number of benzene rings is 2. The molecular weight excluding hydrogens is 336 g/mol. The second-order valence-electron chi connectivity index (χ2n) is 7.26. The molecule has 1 unspecified atom stereocenters. The third-order valence-electron chi connectivity index (χ3n) is 5.91. The number of aliphatic hydroxyl groups excluding tert-OH is 2. The van der Waals surface area contributed by atoms with E-state index in [0.717, 1.165) is 39.6 Å². The highest BCUT2D eigenvalue weighted by Crippen LogP contribution is 2.41. The van der Waals surface area contributed by atoms with Gasteiger partial charge in [0.05, 0.1) is 19.3 Å². The van der Waals surface area contributed by atoms with Crippen molar-refractivity contribution in [3.63, 3.8) is 0 Å². The molecule has 1 atom stereocenters. The van der Waals surface area contributed by atoms with Gasteiger partial charge in [-0.1, -0.05) is 30.3 Å². The average molecular weight is 358 g/mol. The van der Waals surface area contributed by atoms with Crippen LogP contribution in [-0.4, -0.2) is 19.8 Å². The molecule has 0 spiro atoms.